The van der Waals surface area contributed by atoms with Crippen LogP contribution in [0.1, 0.15) is 58.8 Å². The first kappa shape index (κ1) is 16.2. The predicted octanol–water partition coefficient (Wildman–Crippen LogP) is 3.44. The van der Waals surface area contributed by atoms with E-state index in [0.29, 0.717) is 49.5 Å². The molecule has 25 heavy (non-hydrogen) atoms. The smallest absolute Gasteiger partial charge is 0.172 e. The Kier molecular flexibility index (Phi) is 3.26. The van der Waals surface area contributed by atoms with Gasteiger partial charge in [0, 0.05) is 37.0 Å². The van der Waals surface area contributed by atoms with Gasteiger partial charge in [-0.25, -0.2) is 0 Å². The standard InChI is InChI=1S/C21H28O4/c1-19-7-8-21(24-9-10-25-21)11-13(19)3-4-14-15-5-6-17(23)20(15,2)12-16(22)18(14)19/h3,14-15,18H,4-12H2,1-2H3/t14-,15-,18+,19-,20-/m0/s1. The summed E-state index contributed by atoms with van der Waals surface area (Å²) >= 11 is 0. The number of fused-ring (bicyclic) bond motifs is 5. The number of hydrogen-bond acceptors (Lipinski definition) is 4. The topological polar surface area (TPSA) is 52.6 Å². The lowest BCUT2D eigenvalue weighted by Crippen LogP contribution is -2.56. The minimum atomic E-state index is -0.437. The first-order valence-electron chi connectivity index (χ1n) is 9.91. The molecule has 0 aromatic rings. The second kappa shape index (κ2) is 5.04. The molecule has 0 aromatic heterocycles. The molecular formula is C21H28O4. The maximum Gasteiger partial charge on any atom is 0.172 e. The summed E-state index contributed by atoms with van der Waals surface area (Å²) in [6.45, 7) is 5.70. The van der Waals surface area contributed by atoms with E-state index < -0.39 is 11.2 Å². The second-order valence-corrected chi connectivity index (χ2v) is 9.44. The molecule has 1 aliphatic heterocycles. The Bertz CT molecular complexity index is 673. The minimum Gasteiger partial charge on any atom is -0.347 e. The van der Waals surface area contributed by atoms with Gasteiger partial charge in [-0.05, 0) is 36.5 Å². The third-order valence-electron chi connectivity index (χ3n) is 8.33. The average Bonchev–Trinajstić information content (AvgIpc) is 3.13. The molecule has 4 aliphatic carbocycles. The third-order valence-corrected chi connectivity index (χ3v) is 8.33. The molecule has 4 nitrogen and oxygen atoms in total. The number of allylic oxidation sites excluding steroid dienone is 1. The van der Waals surface area contributed by atoms with Gasteiger partial charge in [0.25, 0.3) is 0 Å². The van der Waals surface area contributed by atoms with Gasteiger partial charge in [0.1, 0.15) is 11.6 Å². The highest BCUT2D eigenvalue weighted by molar-refractivity contribution is 5.95. The average molecular weight is 344 g/mol. The van der Waals surface area contributed by atoms with Crippen LogP contribution in [0.2, 0.25) is 0 Å². The van der Waals surface area contributed by atoms with Crippen molar-refractivity contribution in [3.05, 3.63) is 11.6 Å². The van der Waals surface area contributed by atoms with Gasteiger partial charge in [-0.15, -0.1) is 0 Å². The van der Waals surface area contributed by atoms with Crippen LogP contribution in [0.4, 0.5) is 0 Å². The van der Waals surface area contributed by atoms with Gasteiger partial charge in [-0.2, -0.15) is 0 Å². The van der Waals surface area contributed by atoms with Crippen LogP contribution in [-0.4, -0.2) is 30.6 Å². The van der Waals surface area contributed by atoms with Crippen LogP contribution < -0.4 is 0 Å². The van der Waals surface area contributed by atoms with Crippen LogP contribution in [-0.2, 0) is 19.1 Å². The molecule has 0 aromatic carbocycles. The van der Waals surface area contributed by atoms with Gasteiger partial charge in [0.05, 0.1) is 13.2 Å². The summed E-state index contributed by atoms with van der Waals surface area (Å²) in [6, 6.07) is 0. The van der Waals surface area contributed by atoms with Gasteiger partial charge in [-0.3, -0.25) is 9.59 Å². The first-order valence-corrected chi connectivity index (χ1v) is 9.91. The molecule has 1 heterocycles. The van der Waals surface area contributed by atoms with E-state index in [4.69, 9.17) is 9.47 Å². The molecule has 0 amide bonds. The minimum absolute atomic E-state index is 0.0759. The van der Waals surface area contributed by atoms with Crippen LogP contribution in [0.5, 0.6) is 0 Å². The number of hydrogen-bond donors (Lipinski definition) is 0. The van der Waals surface area contributed by atoms with Crippen molar-refractivity contribution in [2.45, 2.75) is 64.6 Å². The molecule has 0 unspecified atom stereocenters. The van der Waals surface area contributed by atoms with Crippen molar-refractivity contribution in [1.82, 2.24) is 0 Å². The van der Waals surface area contributed by atoms with Crippen molar-refractivity contribution < 1.29 is 19.1 Å². The van der Waals surface area contributed by atoms with Gasteiger partial charge in [-0.1, -0.05) is 25.5 Å². The molecule has 5 aliphatic rings. The molecule has 5 atom stereocenters. The molecule has 3 saturated carbocycles. The van der Waals surface area contributed by atoms with E-state index in [9.17, 15) is 9.59 Å². The van der Waals surface area contributed by atoms with E-state index in [1.54, 1.807) is 0 Å². The summed E-state index contributed by atoms with van der Waals surface area (Å²) in [7, 11) is 0. The van der Waals surface area contributed by atoms with Crippen molar-refractivity contribution in [3.8, 4) is 0 Å². The molecule has 4 heteroatoms. The summed E-state index contributed by atoms with van der Waals surface area (Å²) in [5.74, 6) is 1.01. The Morgan fingerprint density at radius 1 is 1.04 bits per heavy atom. The lowest BCUT2D eigenvalue weighted by atomic mass is 9.47. The van der Waals surface area contributed by atoms with E-state index in [2.05, 4.69) is 19.9 Å². The van der Waals surface area contributed by atoms with Gasteiger partial charge >= 0.3 is 0 Å². The SMILES string of the molecule is C[C@]12CCC3(CC1=CC[C@@H]1[C@@H]2C(=O)C[C@]2(C)C(=O)CC[C@@H]12)OCCO3. The lowest BCUT2D eigenvalue weighted by Gasteiger charge is -2.56. The number of carbonyl (C=O) groups is 2. The second-order valence-electron chi connectivity index (χ2n) is 9.44. The van der Waals surface area contributed by atoms with E-state index in [-0.39, 0.29) is 11.3 Å². The Balaban J connectivity index is 1.52. The van der Waals surface area contributed by atoms with Gasteiger partial charge in [0.2, 0.25) is 0 Å². The molecular weight excluding hydrogens is 316 g/mol. The monoisotopic (exact) mass is 344 g/mol. The van der Waals surface area contributed by atoms with Crippen LogP contribution in [0.15, 0.2) is 11.6 Å². The molecule has 1 spiro atoms. The fourth-order valence-corrected chi connectivity index (χ4v) is 6.96. The highest BCUT2D eigenvalue weighted by Gasteiger charge is 2.63. The quantitative estimate of drug-likeness (QED) is 0.632. The van der Waals surface area contributed by atoms with Crippen molar-refractivity contribution in [3.63, 3.8) is 0 Å². The number of ether oxygens (including phenoxy) is 2. The zero-order valence-corrected chi connectivity index (χ0v) is 15.3. The lowest BCUT2D eigenvalue weighted by molar-refractivity contribution is -0.186. The summed E-state index contributed by atoms with van der Waals surface area (Å²) in [4.78, 5) is 25.7. The number of Topliss-reactive ketones (excluding diaryl/α,β-unsaturated/α-hetero) is 2. The molecule has 5 rings (SSSR count). The largest absolute Gasteiger partial charge is 0.347 e. The predicted molar refractivity (Wildman–Crippen MR) is 91.7 cm³/mol. The Morgan fingerprint density at radius 3 is 2.56 bits per heavy atom. The summed E-state index contributed by atoms with van der Waals surface area (Å²) in [6.07, 6.45) is 8.02. The van der Waals surface area contributed by atoms with Gasteiger partial charge in [0.15, 0.2) is 5.79 Å². The Morgan fingerprint density at radius 2 is 1.80 bits per heavy atom. The zero-order valence-electron chi connectivity index (χ0n) is 15.3. The number of ketones is 2. The summed E-state index contributed by atoms with van der Waals surface area (Å²) in [5, 5.41) is 0. The van der Waals surface area contributed by atoms with Crippen LogP contribution in [0, 0.1) is 28.6 Å². The normalized spacial score (nSPS) is 48.1. The van der Waals surface area contributed by atoms with Crippen LogP contribution in [0.25, 0.3) is 0 Å². The maximum absolute atomic E-state index is 13.3. The Hall–Kier alpha value is -1.00. The molecule has 136 valence electrons. The zero-order chi connectivity index (χ0) is 17.4. The molecule has 0 N–H and O–H groups in total. The maximum atomic E-state index is 13.3. The summed E-state index contributed by atoms with van der Waals surface area (Å²) in [5.41, 5.74) is 0.893. The molecule has 0 bridgehead atoms. The fourth-order valence-electron chi connectivity index (χ4n) is 6.96. The number of rotatable bonds is 0. The van der Waals surface area contributed by atoms with Gasteiger partial charge < -0.3 is 9.47 Å². The van der Waals surface area contributed by atoms with Crippen LogP contribution in [0.3, 0.4) is 0 Å². The fraction of sp³-hybridized carbons (Fsp3) is 0.810. The Labute approximate surface area is 149 Å². The van der Waals surface area contributed by atoms with E-state index >= 15 is 0 Å². The van der Waals surface area contributed by atoms with Crippen molar-refractivity contribution in [2.75, 3.05) is 13.2 Å². The van der Waals surface area contributed by atoms with Crippen molar-refractivity contribution in [1.29, 1.82) is 0 Å². The van der Waals surface area contributed by atoms with E-state index in [1.807, 2.05) is 0 Å². The highest BCUT2D eigenvalue weighted by atomic mass is 16.7. The van der Waals surface area contributed by atoms with Crippen LogP contribution >= 0.6 is 0 Å². The van der Waals surface area contributed by atoms with Crippen molar-refractivity contribution in [2.24, 2.45) is 28.6 Å². The molecule has 1 saturated heterocycles. The van der Waals surface area contributed by atoms with E-state index in [0.717, 1.165) is 32.1 Å². The molecule has 0 radical (unpaired) electrons. The van der Waals surface area contributed by atoms with E-state index in [1.165, 1.54) is 5.57 Å². The van der Waals surface area contributed by atoms with Crippen molar-refractivity contribution >= 4 is 11.6 Å². The first-order chi connectivity index (χ1) is 11.9. The number of carbonyl (C=O) groups excluding carboxylic acids is 2. The molecule has 4 fully saturated rings. The summed E-state index contributed by atoms with van der Waals surface area (Å²) < 4.78 is 11.9. The third kappa shape index (κ3) is 2.01. The highest BCUT2D eigenvalue weighted by Crippen LogP contribution is 2.64.